The minimum absolute atomic E-state index is 0.417. The molecule has 1 saturated heterocycles. The predicted molar refractivity (Wildman–Crippen MR) is 72.2 cm³/mol. The van der Waals surface area contributed by atoms with E-state index < -0.39 is 0 Å². The van der Waals surface area contributed by atoms with Gasteiger partial charge in [0.05, 0.1) is 18.2 Å². The van der Waals surface area contributed by atoms with Gasteiger partial charge in [-0.1, -0.05) is 18.6 Å². The lowest BCUT2D eigenvalue weighted by atomic mass is 9.90. The Morgan fingerprint density at radius 2 is 2.29 bits per heavy atom. The zero-order valence-corrected chi connectivity index (χ0v) is 11.4. The summed E-state index contributed by atoms with van der Waals surface area (Å²) in [5.74, 6) is 0. The van der Waals surface area contributed by atoms with Gasteiger partial charge in [0.15, 0.2) is 0 Å². The molecule has 0 aromatic rings. The quantitative estimate of drug-likeness (QED) is 0.740. The number of ether oxygens (including phenoxy) is 1. The van der Waals surface area contributed by atoms with Crippen molar-refractivity contribution in [3.63, 3.8) is 0 Å². The van der Waals surface area contributed by atoms with Crippen LogP contribution in [-0.2, 0) is 4.74 Å². The summed E-state index contributed by atoms with van der Waals surface area (Å²) in [7, 11) is 0. The standard InChI is InChI=1S/C15H27NO/c1-3-11-16-15(13-7-5-4-6-8-13)14-10-9-12(2)17-14/h7,12,14-16H,3-6,8-11H2,1-2H3. The molecule has 0 aromatic carbocycles. The molecule has 0 spiro atoms. The largest absolute Gasteiger partial charge is 0.373 e. The van der Waals surface area contributed by atoms with Gasteiger partial charge >= 0.3 is 0 Å². The monoisotopic (exact) mass is 237 g/mol. The fourth-order valence-corrected chi connectivity index (χ4v) is 3.03. The van der Waals surface area contributed by atoms with Gasteiger partial charge in [0.25, 0.3) is 0 Å². The van der Waals surface area contributed by atoms with Crippen molar-refractivity contribution in [3.05, 3.63) is 11.6 Å². The van der Waals surface area contributed by atoms with Gasteiger partial charge in [-0.15, -0.1) is 0 Å². The first-order chi connectivity index (χ1) is 8.31. The Bertz CT molecular complexity index is 262. The van der Waals surface area contributed by atoms with Crippen molar-refractivity contribution >= 4 is 0 Å². The Hall–Kier alpha value is -0.340. The molecule has 2 nitrogen and oxygen atoms in total. The lowest BCUT2D eigenvalue weighted by Crippen LogP contribution is -2.42. The van der Waals surface area contributed by atoms with E-state index in [-0.39, 0.29) is 0 Å². The van der Waals surface area contributed by atoms with Crippen LogP contribution in [0.4, 0.5) is 0 Å². The van der Waals surface area contributed by atoms with Crippen LogP contribution in [0.2, 0.25) is 0 Å². The lowest BCUT2D eigenvalue weighted by molar-refractivity contribution is 0.0387. The smallest absolute Gasteiger partial charge is 0.0771 e. The van der Waals surface area contributed by atoms with Gasteiger partial charge in [0.1, 0.15) is 0 Å². The summed E-state index contributed by atoms with van der Waals surface area (Å²) in [6.45, 7) is 5.54. The first-order valence-electron chi connectivity index (χ1n) is 7.39. The zero-order valence-electron chi connectivity index (χ0n) is 11.4. The van der Waals surface area contributed by atoms with Crippen molar-refractivity contribution in [2.24, 2.45) is 0 Å². The summed E-state index contributed by atoms with van der Waals surface area (Å²) in [4.78, 5) is 0. The number of hydrogen-bond acceptors (Lipinski definition) is 2. The second kappa shape index (κ2) is 6.55. The SMILES string of the molecule is CCCNC(C1=CCCCC1)C1CCC(C)O1. The van der Waals surface area contributed by atoms with Crippen LogP contribution < -0.4 is 5.32 Å². The molecule has 98 valence electrons. The van der Waals surface area contributed by atoms with E-state index in [0.29, 0.717) is 18.2 Å². The molecule has 3 atom stereocenters. The van der Waals surface area contributed by atoms with Crippen LogP contribution in [0.5, 0.6) is 0 Å². The van der Waals surface area contributed by atoms with Gasteiger partial charge < -0.3 is 10.1 Å². The summed E-state index contributed by atoms with van der Waals surface area (Å²) >= 11 is 0. The Balaban J connectivity index is 1.99. The van der Waals surface area contributed by atoms with Gasteiger partial charge in [-0.25, -0.2) is 0 Å². The van der Waals surface area contributed by atoms with Crippen molar-refractivity contribution in [2.45, 2.75) is 77.0 Å². The summed E-state index contributed by atoms with van der Waals surface area (Å²) < 4.78 is 6.07. The second-order valence-electron chi connectivity index (χ2n) is 5.52. The molecule has 3 unspecified atom stereocenters. The van der Waals surface area contributed by atoms with Crippen LogP contribution in [0.15, 0.2) is 11.6 Å². The molecule has 0 saturated carbocycles. The van der Waals surface area contributed by atoms with Crippen molar-refractivity contribution in [1.82, 2.24) is 5.32 Å². The van der Waals surface area contributed by atoms with Crippen molar-refractivity contribution in [3.8, 4) is 0 Å². The maximum absolute atomic E-state index is 6.07. The highest BCUT2D eigenvalue weighted by molar-refractivity contribution is 5.16. The molecule has 1 N–H and O–H groups in total. The normalized spacial score (nSPS) is 31.3. The second-order valence-corrected chi connectivity index (χ2v) is 5.52. The molecule has 1 aliphatic heterocycles. The van der Waals surface area contributed by atoms with E-state index >= 15 is 0 Å². The van der Waals surface area contributed by atoms with Gasteiger partial charge in [-0.05, 0) is 58.4 Å². The third kappa shape index (κ3) is 3.56. The molecule has 0 aromatic heterocycles. The van der Waals surface area contributed by atoms with E-state index in [1.807, 2.05) is 0 Å². The maximum atomic E-state index is 6.07. The topological polar surface area (TPSA) is 21.3 Å². The fraction of sp³-hybridized carbons (Fsp3) is 0.867. The molecule has 0 amide bonds. The van der Waals surface area contributed by atoms with E-state index in [2.05, 4.69) is 25.2 Å². The zero-order chi connectivity index (χ0) is 12.1. The number of nitrogens with one attached hydrogen (secondary N) is 1. The average molecular weight is 237 g/mol. The van der Waals surface area contributed by atoms with Crippen LogP contribution in [0.3, 0.4) is 0 Å². The van der Waals surface area contributed by atoms with Crippen molar-refractivity contribution in [1.29, 1.82) is 0 Å². The molecule has 0 radical (unpaired) electrons. The average Bonchev–Trinajstić information content (AvgIpc) is 2.78. The molecule has 2 rings (SSSR count). The van der Waals surface area contributed by atoms with Crippen LogP contribution in [0, 0.1) is 0 Å². The fourth-order valence-electron chi connectivity index (χ4n) is 3.03. The van der Waals surface area contributed by atoms with Crippen LogP contribution in [0.25, 0.3) is 0 Å². The lowest BCUT2D eigenvalue weighted by Gasteiger charge is -2.29. The van der Waals surface area contributed by atoms with Crippen LogP contribution >= 0.6 is 0 Å². The minimum atomic E-state index is 0.417. The van der Waals surface area contributed by atoms with Crippen LogP contribution in [0.1, 0.15) is 58.8 Å². The molecule has 1 aliphatic carbocycles. The summed E-state index contributed by atoms with van der Waals surface area (Å²) in [5.41, 5.74) is 1.61. The van der Waals surface area contributed by atoms with E-state index in [9.17, 15) is 0 Å². The molecule has 17 heavy (non-hydrogen) atoms. The summed E-state index contributed by atoms with van der Waals surface area (Å²) in [5, 5.41) is 3.71. The minimum Gasteiger partial charge on any atom is -0.373 e. The maximum Gasteiger partial charge on any atom is 0.0771 e. The Kier molecular flexibility index (Phi) is 5.05. The van der Waals surface area contributed by atoms with E-state index in [0.717, 1.165) is 6.54 Å². The third-order valence-corrected chi connectivity index (χ3v) is 3.98. The molecular formula is C15H27NO. The highest BCUT2D eigenvalue weighted by atomic mass is 16.5. The molecule has 1 heterocycles. The first kappa shape index (κ1) is 13.1. The van der Waals surface area contributed by atoms with Crippen LogP contribution in [-0.4, -0.2) is 24.8 Å². The molecule has 2 heteroatoms. The number of rotatable bonds is 5. The Morgan fingerprint density at radius 1 is 1.41 bits per heavy atom. The van der Waals surface area contributed by atoms with Gasteiger partial charge in [0.2, 0.25) is 0 Å². The van der Waals surface area contributed by atoms with Gasteiger partial charge in [-0.2, -0.15) is 0 Å². The predicted octanol–water partition coefficient (Wildman–Crippen LogP) is 3.42. The van der Waals surface area contributed by atoms with Crippen molar-refractivity contribution in [2.75, 3.05) is 6.54 Å². The molecule has 2 aliphatic rings. The number of allylic oxidation sites excluding steroid dienone is 1. The Labute approximate surface area is 106 Å². The van der Waals surface area contributed by atoms with Crippen molar-refractivity contribution < 1.29 is 4.74 Å². The summed E-state index contributed by atoms with van der Waals surface area (Å²) in [6.07, 6.45) is 12.2. The molecule has 0 bridgehead atoms. The summed E-state index contributed by atoms with van der Waals surface area (Å²) in [6, 6.07) is 0.486. The molecule has 1 fully saturated rings. The van der Waals surface area contributed by atoms with E-state index in [4.69, 9.17) is 4.74 Å². The van der Waals surface area contributed by atoms with Gasteiger partial charge in [-0.3, -0.25) is 0 Å². The van der Waals surface area contributed by atoms with E-state index in [1.165, 1.54) is 44.9 Å². The van der Waals surface area contributed by atoms with Gasteiger partial charge in [0, 0.05) is 0 Å². The highest BCUT2D eigenvalue weighted by Gasteiger charge is 2.31. The van der Waals surface area contributed by atoms with E-state index in [1.54, 1.807) is 5.57 Å². The third-order valence-electron chi connectivity index (χ3n) is 3.98. The number of hydrogen-bond donors (Lipinski definition) is 1. The highest BCUT2D eigenvalue weighted by Crippen LogP contribution is 2.29. The first-order valence-corrected chi connectivity index (χ1v) is 7.39. The Morgan fingerprint density at radius 3 is 2.88 bits per heavy atom. The molecular weight excluding hydrogens is 210 g/mol.